The van der Waals surface area contributed by atoms with Crippen LogP contribution >= 0.6 is 23.2 Å². The normalized spacial score (nSPS) is 17.8. The van der Waals surface area contributed by atoms with Gasteiger partial charge in [0.1, 0.15) is 18.1 Å². The third-order valence-electron chi connectivity index (χ3n) is 5.08. The summed E-state index contributed by atoms with van der Waals surface area (Å²) in [4.78, 5) is 29.3. The molecule has 0 saturated carbocycles. The molecule has 6 nitrogen and oxygen atoms in total. The van der Waals surface area contributed by atoms with Crippen LogP contribution in [0.15, 0.2) is 60.7 Å². The zero-order valence-electron chi connectivity index (χ0n) is 17.8. The number of likely N-dealkylation sites (tertiary alicyclic amines) is 1. The fourth-order valence-electron chi connectivity index (χ4n) is 3.47. The number of Topliss-reactive ketones (excluding diaryl/α,β-unsaturated/α-hetero) is 1. The van der Waals surface area contributed by atoms with Crippen molar-refractivity contribution in [2.75, 3.05) is 33.8 Å². The van der Waals surface area contributed by atoms with Crippen LogP contribution in [0, 0.1) is 0 Å². The molecule has 1 N–H and O–H groups in total. The largest absolute Gasteiger partial charge is 0.507 e. The zero-order valence-corrected chi connectivity index (χ0v) is 19.4. The maximum Gasteiger partial charge on any atom is 0.295 e. The molecule has 32 heavy (non-hydrogen) atoms. The molecule has 0 spiro atoms. The highest BCUT2D eigenvalue weighted by Gasteiger charge is 2.46. The molecular weight excluding hydrogens is 451 g/mol. The van der Waals surface area contributed by atoms with Crippen LogP contribution in [0.2, 0.25) is 10.0 Å². The second kappa shape index (κ2) is 10.2. The summed E-state index contributed by atoms with van der Waals surface area (Å²) in [5.41, 5.74) is 0.989. The van der Waals surface area contributed by atoms with Crippen LogP contribution in [0.1, 0.15) is 17.2 Å². The molecule has 1 atom stereocenters. The van der Waals surface area contributed by atoms with E-state index in [1.165, 1.54) is 4.90 Å². The number of likely N-dealkylation sites (N-methyl/N-ethyl adjacent to an activating group) is 1. The van der Waals surface area contributed by atoms with E-state index < -0.39 is 17.7 Å². The van der Waals surface area contributed by atoms with E-state index in [0.29, 0.717) is 46.6 Å². The predicted octanol–water partition coefficient (Wildman–Crippen LogP) is 4.54. The highest BCUT2D eigenvalue weighted by atomic mass is 35.5. The molecule has 1 amide bonds. The molecule has 8 heteroatoms. The van der Waals surface area contributed by atoms with Crippen molar-refractivity contribution in [1.29, 1.82) is 0 Å². The first-order valence-corrected chi connectivity index (χ1v) is 10.7. The second-order valence-electron chi connectivity index (χ2n) is 7.59. The van der Waals surface area contributed by atoms with Crippen molar-refractivity contribution in [2.45, 2.75) is 6.04 Å². The molecule has 168 valence electrons. The number of benzene rings is 2. The molecule has 1 fully saturated rings. The van der Waals surface area contributed by atoms with Gasteiger partial charge in [-0.25, -0.2) is 0 Å². The average Bonchev–Trinajstić information content (AvgIpc) is 3.02. The van der Waals surface area contributed by atoms with Crippen molar-refractivity contribution in [2.24, 2.45) is 0 Å². The third kappa shape index (κ3) is 4.99. The van der Waals surface area contributed by atoms with Crippen LogP contribution in [0.4, 0.5) is 0 Å². The van der Waals surface area contributed by atoms with Crippen molar-refractivity contribution < 1.29 is 19.4 Å². The topological polar surface area (TPSA) is 70.1 Å². The molecule has 1 aliphatic rings. The fourth-order valence-corrected chi connectivity index (χ4v) is 3.77. The van der Waals surface area contributed by atoms with Gasteiger partial charge in [0.05, 0.1) is 21.7 Å². The number of aliphatic hydroxyl groups excluding tert-OH is 1. The van der Waals surface area contributed by atoms with Gasteiger partial charge in [0, 0.05) is 18.7 Å². The predicted molar refractivity (Wildman–Crippen MR) is 126 cm³/mol. The number of carbonyl (C=O) groups excluding carboxylic acids is 2. The van der Waals surface area contributed by atoms with Gasteiger partial charge in [-0.1, -0.05) is 41.9 Å². The summed E-state index contributed by atoms with van der Waals surface area (Å²) in [6.07, 6.45) is 1.63. The molecule has 0 radical (unpaired) electrons. The van der Waals surface area contributed by atoms with Crippen molar-refractivity contribution in [3.8, 4) is 5.75 Å². The summed E-state index contributed by atoms with van der Waals surface area (Å²) in [6, 6.07) is 10.7. The maximum atomic E-state index is 13.0. The minimum absolute atomic E-state index is 0.00639. The zero-order chi connectivity index (χ0) is 23.4. The number of ketones is 1. The van der Waals surface area contributed by atoms with Crippen LogP contribution in [-0.2, 0) is 9.59 Å². The molecule has 1 aliphatic heterocycles. The van der Waals surface area contributed by atoms with E-state index in [1.54, 1.807) is 48.5 Å². The number of ether oxygens (including phenoxy) is 1. The van der Waals surface area contributed by atoms with E-state index in [1.807, 2.05) is 19.0 Å². The molecule has 1 unspecified atom stereocenters. The van der Waals surface area contributed by atoms with Crippen molar-refractivity contribution in [1.82, 2.24) is 9.80 Å². The van der Waals surface area contributed by atoms with Gasteiger partial charge >= 0.3 is 0 Å². The van der Waals surface area contributed by atoms with Crippen LogP contribution in [0.5, 0.6) is 5.75 Å². The Morgan fingerprint density at radius 3 is 2.44 bits per heavy atom. The molecule has 2 aromatic rings. The van der Waals surface area contributed by atoms with Crippen LogP contribution in [-0.4, -0.2) is 60.4 Å². The van der Waals surface area contributed by atoms with Crippen LogP contribution < -0.4 is 4.74 Å². The van der Waals surface area contributed by atoms with E-state index in [-0.39, 0.29) is 11.3 Å². The number of carbonyl (C=O) groups is 2. The Morgan fingerprint density at radius 1 is 1.16 bits per heavy atom. The first-order valence-electron chi connectivity index (χ1n) is 9.96. The summed E-state index contributed by atoms with van der Waals surface area (Å²) in [7, 11) is 3.75. The number of rotatable bonds is 8. The lowest BCUT2D eigenvalue weighted by molar-refractivity contribution is -0.140. The highest BCUT2D eigenvalue weighted by molar-refractivity contribution is 6.46. The van der Waals surface area contributed by atoms with Gasteiger partial charge in [0.15, 0.2) is 0 Å². The number of hydrogen-bond donors (Lipinski definition) is 1. The molecule has 1 heterocycles. The molecule has 0 aliphatic carbocycles. The Labute approximate surface area is 197 Å². The average molecular weight is 475 g/mol. The van der Waals surface area contributed by atoms with Crippen LogP contribution in [0.25, 0.3) is 5.76 Å². The Bertz CT molecular complexity index is 1060. The second-order valence-corrected chi connectivity index (χ2v) is 8.41. The third-order valence-corrected chi connectivity index (χ3v) is 5.82. The van der Waals surface area contributed by atoms with E-state index >= 15 is 0 Å². The summed E-state index contributed by atoms with van der Waals surface area (Å²) in [5.74, 6) is -1.09. The summed E-state index contributed by atoms with van der Waals surface area (Å²) in [6.45, 7) is 4.79. The van der Waals surface area contributed by atoms with Gasteiger partial charge in [-0.05, 0) is 56.1 Å². The maximum absolute atomic E-state index is 13.0. The van der Waals surface area contributed by atoms with Gasteiger partial charge in [-0.3, -0.25) is 9.59 Å². The monoisotopic (exact) mass is 474 g/mol. The molecule has 1 saturated heterocycles. The lowest BCUT2D eigenvalue weighted by atomic mass is 9.95. The Morgan fingerprint density at radius 2 is 1.84 bits per heavy atom. The molecule has 3 rings (SSSR count). The fraction of sp³-hybridized carbons (Fsp3) is 0.250. The molecule has 0 aromatic heterocycles. The van der Waals surface area contributed by atoms with Crippen molar-refractivity contribution in [3.63, 3.8) is 0 Å². The van der Waals surface area contributed by atoms with E-state index in [2.05, 4.69) is 6.58 Å². The number of halogens is 2. The molecule has 2 aromatic carbocycles. The van der Waals surface area contributed by atoms with E-state index in [4.69, 9.17) is 27.9 Å². The number of aliphatic hydroxyl groups is 1. The van der Waals surface area contributed by atoms with Gasteiger partial charge in [0.2, 0.25) is 0 Å². The number of hydrogen-bond acceptors (Lipinski definition) is 5. The standard InChI is InChI=1S/C24H24Cl2N2O4/c1-4-13-32-17-8-5-15(6-9-17)22(29)20-21(16-7-10-18(25)19(26)14-16)28(12-11-27(2)3)24(31)23(20)30/h4-10,14,21,29H,1,11-13H2,2-3H3/b22-20+. The van der Waals surface area contributed by atoms with E-state index in [0.717, 1.165) is 0 Å². The van der Waals surface area contributed by atoms with Gasteiger partial charge < -0.3 is 19.6 Å². The van der Waals surface area contributed by atoms with Gasteiger partial charge in [0.25, 0.3) is 11.7 Å². The molecular formula is C24H24Cl2N2O4. The minimum Gasteiger partial charge on any atom is -0.507 e. The minimum atomic E-state index is -0.790. The lowest BCUT2D eigenvalue weighted by Crippen LogP contribution is -2.35. The van der Waals surface area contributed by atoms with Crippen molar-refractivity contribution >= 4 is 40.7 Å². The first-order chi connectivity index (χ1) is 15.2. The summed E-state index contributed by atoms with van der Waals surface area (Å²) in [5, 5.41) is 11.7. The van der Waals surface area contributed by atoms with Crippen molar-refractivity contribution in [3.05, 3.63) is 81.9 Å². The van der Waals surface area contributed by atoms with E-state index in [9.17, 15) is 14.7 Å². The highest BCUT2D eigenvalue weighted by Crippen LogP contribution is 2.40. The number of amides is 1. The van der Waals surface area contributed by atoms with Gasteiger partial charge in [-0.2, -0.15) is 0 Å². The van der Waals surface area contributed by atoms with Crippen LogP contribution in [0.3, 0.4) is 0 Å². The quantitative estimate of drug-likeness (QED) is 0.263. The Balaban J connectivity index is 2.09. The summed E-state index contributed by atoms with van der Waals surface area (Å²) < 4.78 is 5.46. The summed E-state index contributed by atoms with van der Waals surface area (Å²) >= 11 is 12.3. The Kier molecular flexibility index (Phi) is 7.61. The van der Waals surface area contributed by atoms with Gasteiger partial charge in [-0.15, -0.1) is 0 Å². The number of nitrogens with zero attached hydrogens (tertiary/aromatic N) is 2. The lowest BCUT2D eigenvalue weighted by Gasteiger charge is -2.26. The first kappa shape index (κ1) is 23.9. The Hall–Kier alpha value is -2.80. The molecule has 0 bridgehead atoms. The smallest absolute Gasteiger partial charge is 0.295 e. The SMILES string of the molecule is C=CCOc1ccc(/C(O)=C2\C(=O)C(=O)N(CCN(C)C)C2c2ccc(Cl)c(Cl)c2)cc1.